The second-order valence-corrected chi connectivity index (χ2v) is 5.97. The number of nitrogens with zero attached hydrogens (tertiary/aromatic N) is 1. The summed E-state index contributed by atoms with van der Waals surface area (Å²) in [5.41, 5.74) is 2.20. The highest BCUT2D eigenvalue weighted by atomic mass is 16.5. The third kappa shape index (κ3) is 5.19. The van der Waals surface area contributed by atoms with Crippen LogP contribution < -0.4 is 10.1 Å². The molecular formula is C16H26N2O. The van der Waals surface area contributed by atoms with Gasteiger partial charge in [-0.3, -0.25) is 4.98 Å². The molecule has 0 aliphatic heterocycles. The summed E-state index contributed by atoms with van der Waals surface area (Å²) in [7, 11) is 0. The van der Waals surface area contributed by atoms with E-state index >= 15 is 0 Å². The normalized spacial score (nSPS) is 14.9. The number of aryl methyl sites for hydroxylation is 1. The van der Waals surface area contributed by atoms with Gasteiger partial charge < -0.3 is 10.1 Å². The van der Waals surface area contributed by atoms with Gasteiger partial charge in [0.15, 0.2) is 0 Å². The van der Waals surface area contributed by atoms with Crippen molar-refractivity contribution in [3.63, 3.8) is 0 Å². The third-order valence-corrected chi connectivity index (χ3v) is 3.42. The quantitative estimate of drug-likeness (QED) is 0.729. The molecule has 1 heterocycles. The van der Waals surface area contributed by atoms with Crippen LogP contribution in [0.15, 0.2) is 12.3 Å². The molecule has 1 aromatic heterocycles. The van der Waals surface area contributed by atoms with Crippen LogP contribution in [0.2, 0.25) is 0 Å². The standard InChI is InChI=1S/C16H26N2O/c1-12(2)5-4-8-19-16-9-13(3)17-10-14(16)11-18-15-6-7-15/h9-10,12,15,18H,4-8,11H2,1-3H3. The Morgan fingerprint density at radius 2 is 2.21 bits per heavy atom. The number of pyridine rings is 1. The molecule has 0 aromatic carbocycles. The summed E-state index contributed by atoms with van der Waals surface area (Å²) < 4.78 is 5.94. The van der Waals surface area contributed by atoms with E-state index in [0.717, 1.165) is 43.0 Å². The Morgan fingerprint density at radius 1 is 1.42 bits per heavy atom. The molecule has 0 bridgehead atoms. The topological polar surface area (TPSA) is 34.1 Å². The fourth-order valence-corrected chi connectivity index (χ4v) is 2.05. The van der Waals surface area contributed by atoms with Crippen molar-refractivity contribution < 1.29 is 4.74 Å². The number of hydrogen-bond donors (Lipinski definition) is 1. The molecule has 19 heavy (non-hydrogen) atoms. The van der Waals surface area contributed by atoms with Crippen molar-refractivity contribution in [1.82, 2.24) is 10.3 Å². The Balaban J connectivity index is 1.86. The van der Waals surface area contributed by atoms with E-state index in [1.165, 1.54) is 24.8 Å². The van der Waals surface area contributed by atoms with Gasteiger partial charge >= 0.3 is 0 Å². The predicted octanol–water partition coefficient (Wildman–Crippen LogP) is 3.46. The van der Waals surface area contributed by atoms with Crippen molar-refractivity contribution >= 4 is 0 Å². The van der Waals surface area contributed by atoms with Crippen molar-refractivity contribution in [2.75, 3.05) is 6.61 Å². The van der Waals surface area contributed by atoms with Crippen molar-refractivity contribution in [2.45, 2.75) is 59.0 Å². The Hall–Kier alpha value is -1.09. The summed E-state index contributed by atoms with van der Waals surface area (Å²) in [6, 6.07) is 2.77. The van der Waals surface area contributed by atoms with Gasteiger partial charge in [-0.2, -0.15) is 0 Å². The molecule has 1 fully saturated rings. The first kappa shape index (κ1) is 14.3. The minimum atomic E-state index is 0.718. The van der Waals surface area contributed by atoms with Gasteiger partial charge in [-0.05, 0) is 38.5 Å². The Labute approximate surface area is 116 Å². The smallest absolute Gasteiger partial charge is 0.127 e. The minimum absolute atomic E-state index is 0.718. The molecule has 3 nitrogen and oxygen atoms in total. The van der Waals surface area contributed by atoms with Gasteiger partial charge in [-0.15, -0.1) is 0 Å². The van der Waals surface area contributed by atoms with Gasteiger partial charge in [0, 0.05) is 36.1 Å². The average molecular weight is 262 g/mol. The molecule has 0 saturated heterocycles. The predicted molar refractivity (Wildman–Crippen MR) is 78.4 cm³/mol. The van der Waals surface area contributed by atoms with Crippen LogP contribution in [-0.4, -0.2) is 17.6 Å². The molecule has 3 heteroatoms. The van der Waals surface area contributed by atoms with Crippen LogP contribution in [0.3, 0.4) is 0 Å². The summed E-state index contributed by atoms with van der Waals surface area (Å²) in [5.74, 6) is 1.75. The van der Waals surface area contributed by atoms with Crippen molar-refractivity contribution in [1.29, 1.82) is 0 Å². The van der Waals surface area contributed by atoms with E-state index in [4.69, 9.17) is 4.74 Å². The van der Waals surface area contributed by atoms with Gasteiger partial charge in [0.2, 0.25) is 0 Å². The van der Waals surface area contributed by atoms with Gasteiger partial charge in [0.1, 0.15) is 5.75 Å². The first-order chi connectivity index (χ1) is 9.15. The van der Waals surface area contributed by atoms with Gasteiger partial charge in [-0.25, -0.2) is 0 Å². The molecule has 1 N–H and O–H groups in total. The molecule has 0 amide bonds. The lowest BCUT2D eigenvalue weighted by Gasteiger charge is -2.13. The molecule has 0 unspecified atom stereocenters. The van der Waals surface area contributed by atoms with Crippen LogP contribution in [0, 0.1) is 12.8 Å². The Morgan fingerprint density at radius 3 is 2.89 bits per heavy atom. The van der Waals surface area contributed by atoms with E-state index in [1.807, 2.05) is 13.1 Å². The maximum atomic E-state index is 5.94. The molecule has 0 atom stereocenters. The van der Waals surface area contributed by atoms with Gasteiger partial charge in [0.05, 0.1) is 6.61 Å². The van der Waals surface area contributed by atoms with Crippen LogP contribution in [0.25, 0.3) is 0 Å². The van der Waals surface area contributed by atoms with E-state index in [9.17, 15) is 0 Å². The van der Waals surface area contributed by atoms with Gasteiger partial charge in [0.25, 0.3) is 0 Å². The second kappa shape index (κ2) is 6.90. The van der Waals surface area contributed by atoms with E-state index < -0.39 is 0 Å². The molecule has 0 spiro atoms. The zero-order valence-electron chi connectivity index (χ0n) is 12.4. The van der Waals surface area contributed by atoms with E-state index in [1.54, 1.807) is 0 Å². The summed E-state index contributed by atoms with van der Waals surface area (Å²) in [4.78, 5) is 4.37. The maximum Gasteiger partial charge on any atom is 0.127 e. The highest BCUT2D eigenvalue weighted by molar-refractivity contribution is 5.32. The lowest BCUT2D eigenvalue weighted by atomic mass is 10.1. The molecular weight excluding hydrogens is 236 g/mol. The van der Waals surface area contributed by atoms with E-state index in [-0.39, 0.29) is 0 Å². The van der Waals surface area contributed by atoms with Gasteiger partial charge in [-0.1, -0.05) is 13.8 Å². The average Bonchev–Trinajstić information content (AvgIpc) is 3.17. The lowest BCUT2D eigenvalue weighted by Crippen LogP contribution is -2.16. The first-order valence-electron chi connectivity index (χ1n) is 7.47. The van der Waals surface area contributed by atoms with Crippen LogP contribution >= 0.6 is 0 Å². The zero-order chi connectivity index (χ0) is 13.7. The highest BCUT2D eigenvalue weighted by Gasteiger charge is 2.20. The molecule has 106 valence electrons. The minimum Gasteiger partial charge on any atom is -0.493 e. The number of nitrogens with one attached hydrogen (secondary N) is 1. The monoisotopic (exact) mass is 262 g/mol. The zero-order valence-corrected chi connectivity index (χ0v) is 12.4. The summed E-state index contributed by atoms with van der Waals surface area (Å²) in [6.45, 7) is 8.19. The second-order valence-electron chi connectivity index (χ2n) is 5.97. The van der Waals surface area contributed by atoms with Crippen molar-refractivity contribution in [3.05, 3.63) is 23.5 Å². The molecule has 1 saturated carbocycles. The SMILES string of the molecule is Cc1cc(OCCCC(C)C)c(CNC2CC2)cn1. The first-order valence-corrected chi connectivity index (χ1v) is 7.47. The summed E-state index contributed by atoms with van der Waals surface area (Å²) in [5, 5.41) is 3.52. The molecule has 1 aromatic rings. The third-order valence-electron chi connectivity index (χ3n) is 3.42. The van der Waals surface area contributed by atoms with Crippen molar-refractivity contribution in [2.24, 2.45) is 5.92 Å². The molecule has 1 aliphatic rings. The van der Waals surface area contributed by atoms with Crippen LogP contribution in [-0.2, 0) is 6.54 Å². The molecule has 2 rings (SSSR count). The maximum absolute atomic E-state index is 5.94. The summed E-state index contributed by atoms with van der Waals surface area (Å²) in [6.07, 6.45) is 6.91. The molecule has 1 aliphatic carbocycles. The lowest BCUT2D eigenvalue weighted by molar-refractivity contribution is 0.293. The van der Waals surface area contributed by atoms with Crippen LogP contribution in [0.5, 0.6) is 5.75 Å². The molecule has 0 radical (unpaired) electrons. The summed E-state index contributed by atoms with van der Waals surface area (Å²) >= 11 is 0. The highest BCUT2D eigenvalue weighted by Crippen LogP contribution is 2.23. The Kier molecular flexibility index (Phi) is 5.20. The fraction of sp³-hybridized carbons (Fsp3) is 0.688. The van der Waals surface area contributed by atoms with Crippen molar-refractivity contribution in [3.8, 4) is 5.75 Å². The number of rotatable bonds is 8. The van der Waals surface area contributed by atoms with E-state index in [0.29, 0.717) is 0 Å². The fourth-order valence-electron chi connectivity index (χ4n) is 2.05. The number of hydrogen-bond acceptors (Lipinski definition) is 3. The van der Waals surface area contributed by atoms with Crippen LogP contribution in [0.4, 0.5) is 0 Å². The van der Waals surface area contributed by atoms with E-state index in [2.05, 4.69) is 30.2 Å². The largest absolute Gasteiger partial charge is 0.493 e. The number of aromatic nitrogens is 1. The van der Waals surface area contributed by atoms with Crippen LogP contribution in [0.1, 0.15) is 50.8 Å². The Bertz CT molecular complexity index is 400. The number of ether oxygens (including phenoxy) is 1.